The van der Waals surface area contributed by atoms with Crippen LogP contribution in [-0.2, 0) is 4.79 Å². The zero-order chi connectivity index (χ0) is 15.9. The summed E-state index contributed by atoms with van der Waals surface area (Å²) in [5.41, 5.74) is 1.78. The number of nitrogens with one attached hydrogen (secondary N) is 1. The van der Waals surface area contributed by atoms with Gasteiger partial charge >= 0.3 is 0 Å². The van der Waals surface area contributed by atoms with Gasteiger partial charge in [0.15, 0.2) is 6.10 Å². The Hall–Kier alpha value is -2.40. The molecule has 0 bridgehead atoms. The fourth-order valence-electron chi connectivity index (χ4n) is 1.99. The lowest BCUT2D eigenvalue weighted by Crippen LogP contribution is -2.38. The van der Waals surface area contributed by atoms with E-state index in [1.54, 1.807) is 31.5 Å². The van der Waals surface area contributed by atoms with Gasteiger partial charge in [0.2, 0.25) is 0 Å². The van der Waals surface area contributed by atoms with Crippen LogP contribution in [0.4, 0.5) is 0 Å². The first-order valence-electron chi connectivity index (χ1n) is 7.15. The van der Waals surface area contributed by atoms with E-state index in [0.29, 0.717) is 11.3 Å². The number of carbonyl (C=O) groups excluding carboxylic acids is 1. The highest BCUT2D eigenvalue weighted by Gasteiger charge is 2.16. The Kier molecular flexibility index (Phi) is 5.49. The number of nitrogens with zero attached hydrogens (tertiary/aromatic N) is 1. The molecule has 1 heterocycles. The van der Waals surface area contributed by atoms with Gasteiger partial charge in [0.05, 0.1) is 6.10 Å². The molecule has 2 atom stereocenters. The smallest absolute Gasteiger partial charge is 0.260 e. The molecule has 0 fully saturated rings. The number of aliphatic hydroxyl groups excluding tert-OH is 1. The number of ether oxygens (including phenoxy) is 1. The third kappa shape index (κ3) is 4.56. The van der Waals surface area contributed by atoms with Crippen LogP contribution in [0, 0.1) is 6.92 Å². The molecular formula is C17H20N2O3. The van der Waals surface area contributed by atoms with Crippen LogP contribution in [0.3, 0.4) is 0 Å². The van der Waals surface area contributed by atoms with Crippen LogP contribution in [0.25, 0.3) is 0 Å². The molecule has 5 nitrogen and oxygen atoms in total. The molecule has 0 radical (unpaired) electrons. The summed E-state index contributed by atoms with van der Waals surface area (Å²) in [6.07, 6.45) is 1.80. The van der Waals surface area contributed by atoms with Crippen molar-refractivity contribution in [3.05, 3.63) is 59.9 Å². The average molecular weight is 300 g/mol. The molecule has 1 amide bonds. The summed E-state index contributed by atoms with van der Waals surface area (Å²) in [4.78, 5) is 15.9. The number of pyridine rings is 1. The number of aryl methyl sites for hydroxylation is 1. The van der Waals surface area contributed by atoms with Crippen LogP contribution < -0.4 is 10.1 Å². The topological polar surface area (TPSA) is 71.5 Å². The Morgan fingerprint density at radius 2 is 2.05 bits per heavy atom. The predicted molar refractivity (Wildman–Crippen MR) is 83.5 cm³/mol. The van der Waals surface area contributed by atoms with E-state index in [1.165, 1.54) is 0 Å². The molecule has 0 aliphatic heterocycles. The number of amides is 1. The molecule has 1 aromatic heterocycles. The van der Waals surface area contributed by atoms with Crippen molar-refractivity contribution in [1.29, 1.82) is 0 Å². The number of rotatable bonds is 6. The second-order valence-corrected chi connectivity index (χ2v) is 5.12. The summed E-state index contributed by atoms with van der Waals surface area (Å²) in [6.45, 7) is 3.77. The highest BCUT2D eigenvalue weighted by Crippen LogP contribution is 2.14. The van der Waals surface area contributed by atoms with Crippen molar-refractivity contribution >= 4 is 5.91 Å². The molecule has 2 N–H and O–H groups in total. The molecule has 0 aliphatic rings. The number of aliphatic hydroxyl groups is 1. The van der Waals surface area contributed by atoms with Gasteiger partial charge in [-0.3, -0.25) is 9.78 Å². The number of aromatic nitrogens is 1. The maximum absolute atomic E-state index is 12.0. The summed E-state index contributed by atoms with van der Waals surface area (Å²) < 4.78 is 5.59. The fraction of sp³-hybridized carbons (Fsp3) is 0.294. The summed E-state index contributed by atoms with van der Waals surface area (Å²) in [6, 6.07) is 10.9. The van der Waals surface area contributed by atoms with Gasteiger partial charge in [0.25, 0.3) is 5.91 Å². The van der Waals surface area contributed by atoms with E-state index in [9.17, 15) is 9.90 Å². The molecule has 116 valence electrons. The summed E-state index contributed by atoms with van der Waals surface area (Å²) in [5.74, 6) is 0.381. The van der Waals surface area contributed by atoms with Crippen molar-refractivity contribution < 1.29 is 14.6 Å². The summed E-state index contributed by atoms with van der Waals surface area (Å²) in [5, 5.41) is 12.7. The van der Waals surface area contributed by atoms with Crippen molar-refractivity contribution in [2.45, 2.75) is 26.1 Å². The molecule has 2 aromatic rings. The van der Waals surface area contributed by atoms with Gasteiger partial charge < -0.3 is 15.2 Å². The number of benzene rings is 1. The summed E-state index contributed by atoms with van der Waals surface area (Å²) >= 11 is 0. The molecule has 5 heteroatoms. The van der Waals surface area contributed by atoms with Gasteiger partial charge in [-0.2, -0.15) is 0 Å². The van der Waals surface area contributed by atoms with E-state index in [1.807, 2.05) is 31.2 Å². The van der Waals surface area contributed by atoms with Gasteiger partial charge in [0.1, 0.15) is 5.75 Å². The van der Waals surface area contributed by atoms with Crippen LogP contribution in [0.2, 0.25) is 0 Å². The van der Waals surface area contributed by atoms with Crippen molar-refractivity contribution in [1.82, 2.24) is 10.3 Å². The molecule has 0 saturated carbocycles. The Morgan fingerprint density at radius 1 is 1.32 bits per heavy atom. The lowest BCUT2D eigenvalue weighted by molar-refractivity contribution is -0.127. The monoisotopic (exact) mass is 300 g/mol. The SMILES string of the molecule is Cc1cccc(OC(C)C(=O)NCC(O)c2ccncc2)c1. The van der Waals surface area contributed by atoms with Crippen molar-refractivity contribution in [2.24, 2.45) is 0 Å². The number of hydrogen-bond donors (Lipinski definition) is 2. The molecular weight excluding hydrogens is 280 g/mol. The predicted octanol–water partition coefficient (Wildman–Crippen LogP) is 2.01. The Balaban J connectivity index is 1.84. The van der Waals surface area contributed by atoms with Crippen LogP contribution in [0.1, 0.15) is 24.2 Å². The lowest BCUT2D eigenvalue weighted by Gasteiger charge is -2.17. The fourth-order valence-corrected chi connectivity index (χ4v) is 1.99. The minimum atomic E-state index is -0.766. The van der Waals surface area contributed by atoms with Crippen molar-refractivity contribution in [2.75, 3.05) is 6.54 Å². The molecule has 22 heavy (non-hydrogen) atoms. The highest BCUT2D eigenvalue weighted by atomic mass is 16.5. The zero-order valence-corrected chi connectivity index (χ0v) is 12.7. The number of carbonyl (C=O) groups is 1. The third-order valence-electron chi connectivity index (χ3n) is 3.23. The third-order valence-corrected chi connectivity index (χ3v) is 3.23. The van der Waals surface area contributed by atoms with E-state index in [4.69, 9.17) is 4.74 Å². The first-order valence-corrected chi connectivity index (χ1v) is 7.15. The largest absolute Gasteiger partial charge is 0.481 e. The Morgan fingerprint density at radius 3 is 2.73 bits per heavy atom. The number of hydrogen-bond acceptors (Lipinski definition) is 4. The Bertz CT molecular complexity index is 616. The Labute approximate surface area is 130 Å². The molecule has 2 unspecified atom stereocenters. The van der Waals surface area contributed by atoms with Gasteiger partial charge in [0, 0.05) is 18.9 Å². The molecule has 0 saturated heterocycles. The lowest BCUT2D eigenvalue weighted by atomic mass is 10.1. The molecule has 0 spiro atoms. The average Bonchev–Trinajstić information content (AvgIpc) is 2.53. The van der Waals surface area contributed by atoms with E-state index in [-0.39, 0.29) is 12.5 Å². The van der Waals surface area contributed by atoms with E-state index >= 15 is 0 Å². The minimum Gasteiger partial charge on any atom is -0.481 e. The molecule has 0 aliphatic carbocycles. The van der Waals surface area contributed by atoms with Crippen LogP contribution in [-0.4, -0.2) is 28.6 Å². The first-order chi connectivity index (χ1) is 10.6. The van der Waals surface area contributed by atoms with Gasteiger partial charge in [-0.25, -0.2) is 0 Å². The standard InChI is InChI=1S/C17H20N2O3/c1-12-4-3-5-15(10-12)22-13(2)17(21)19-11-16(20)14-6-8-18-9-7-14/h3-10,13,16,20H,11H2,1-2H3,(H,19,21). The van der Waals surface area contributed by atoms with Crippen LogP contribution in [0.15, 0.2) is 48.8 Å². The van der Waals surface area contributed by atoms with E-state index < -0.39 is 12.2 Å². The maximum atomic E-state index is 12.0. The van der Waals surface area contributed by atoms with Gasteiger partial charge in [-0.05, 0) is 49.2 Å². The summed E-state index contributed by atoms with van der Waals surface area (Å²) in [7, 11) is 0. The van der Waals surface area contributed by atoms with Crippen molar-refractivity contribution in [3.63, 3.8) is 0 Å². The van der Waals surface area contributed by atoms with E-state index in [2.05, 4.69) is 10.3 Å². The van der Waals surface area contributed by atoms with Crippen LogP contribution >= 0.6 is 0 Å². The highest BCUT2D eigenvalue weighted by molar-refractivity contribution is 5.80. The van der Waals surface area contributed by atoms with E-state index in [0.717, 1.165) is 5.56 Å². The molecule has 2 rings (SSSR count). The van der Waals surface area contributed by atoms with Gasteiger partial charge in [-0.15, -0.1) is 0 Å². The molecule has 1 aromatic carbocycles. The normalized spacial score (nSPS) is 13.2. The zero-order valence-electron chi connectivity index (χ0n) is 12.7. The minimum absolute atomic E-state index is 0.129. The second-order valence-electron chi connectivity index (χ2n) is 5.12. The van der Waals surface area contributed by atoms with Crippen molar-refractivity contribution in [3.8, 4) is 5.75 Å². The quantitative estimate of drug-likeness (QED) is 0.856. The first kappa shape index (κ1) is 16.0. The second kappa shape index (κ2) is 7.56. The van der Waals surface area contributed by atoms with Crippen LogP contribution in [0.5, 0.6) is 5.75 Å². The van der Waals surface area contributed by atoms with Gasteiger partial charge in [-0.1, -0.05) is 12.1 Å². The maximum Gasteiger partial charge on any atom is 0.260 e.